The Morgan fingerprint density at radius 3 is 2.56 bits per heavy atom. The maximum Gasteiger partial charge on any atom is 0.258 e. The Hall–Kier alpha value is -3.28. The third kappa shape index (κ3) is 4.47. The molecule has 0 atom stereocenters. The molecule has 0 aliphatic heterocycles. The molecule has 1 N–H and O–H groups in total. The second-order valence-corrected chi connectivity index (χ2v) is 6.40. The van der Waals surface area contributed by atoms with E-state index in [0.29, 0.717) is 28.2 Å². The number of nitrogens with one attached hydrogen (secondary N) is 1. The van der Waals surface area contributed by atoms with Crippen LogP contribution in [0.25, 0.3) is 11.0 Å². The monoisotopic (exact) mass is 367 g/mol. The van der Waals surface area contributed by atoms with Crippen LogP contribution in [0.5, 0.6) is 17.2 Å². The standard InChI is InChI=1S/C21H21NO5/c1-13(2)22-19(23)12-25-16-9-10-17-18(11-16)26-14(3)21(20(17)24)27-15-7-5-4-6-8-15/h4-11,13H,12H2,1-3H3,(H,22,23). The van der Waals surface area contributed by atoms with E-state index in [1.807, 2.05) is 32.0 Å². The van der Waals surface area contributed by atoms with Crippen LogP contribution in [0.2, 0.25) is 0 Å². The smallest absolute Gasteiger partial charge is 0.258 e. The number of para-hydroxylation sites is 1. The summed E-state index contributed by atoms with van der Waals surface area (Å²) in [6.45, 7) is 5.31. The lowest BCUT2D eigenvalue weighted by Crippen LogP contribution is -2.34. The fraction of sp³-hybridized carbons (Fsp3) is 0.238. The van der Waals surface area contributed by atoms with Crippen molar-refractivity contribution >= 4 is 16.9 Å². The summed E-state index contributed by atoms with van der Waals surface area (Å²) in [6.07, 6.45) is 0. The van der Waals surface area contributed by atoms with Gasteiger partial charge in [-0.15, -0.1) is 0 Å². The lowest BCUT2D eigenvalue weighted by atomic mass is 10.2. The predicted octanol–water partition coefficient (Wildman–Crippen LogP) is 3.80. The Bertz CT molecular complexity index is 1010. The Morgan fingerprint density at radius 1 is 1.11 bits per heavy atom. The number of carbonyl (C=O) groups is 1. The fourth-order valence-corrected chi connectivity index (χ4v) is 2.60. The van der Waals surface area contributed by atoms with Crippen LogP contribution in [0.15, 0.2) is 57.7 Å². The molecule has 1 amide bonds. The molecule has 0 saturated carbocycles. The first-order valence-electron chi connectivity index (χ1n) is 8.66. The molecule has 27 heavy (non-hydrogen) atoms. The molecule has 0 spiro atoms. The first kappa shape index (κ1) is 18.5. The summed E-state index contributed by atoms with van der Waals surface area (Å²) in [7, 11) is 0. The third-order valence-electron chi connectivity index (χ3n) is 3.77. The van der Waals surface area contributed by atoms with Gasteiger partial charge in [-0.05, 0) is 45.0 Å². The number of rotatable bonds is 6. The molecule has 3 rings (SSSR count). The van der Waals surface area contributed by atoms with Crippen LogP contribution in [0.1, 0.15) is 19.6 Å². The van der Waals surface area contributed by atoms with Crippen LogP contribution in [0, 0.1) is 6.92 Å². The zero-order valence-corrected chi connectivity index (χ0v) is 15.4. The van der Waals surface area contributed by atoms with E-state index >= 15 is 0 Å². The van der Waals surface area contributed by atoms with Crippen molar-refractivity contribution in [1.29, 1.82) is 0 Å². The van der Waals surface area contributed by atoms with Crippen LogP contribution in [-0.4, -0.2) is 18.6 Å². The Morgan fingerprint density at radius 2 is 1.85 bits per heavy atom. The highest BCUT2D eigenvalue weighted by atomic mass is 16.5. The highest BCUT2D eigenvalue weighted by Gasteiger charge is 2.15. The molecule has 2 aromatic carbocycles. The van der Waals surface area contributed by atoms with Gasteiger partial charge in [-0.25, -0.2) is 0 Å². The van der Waals surface area contributed by atoms with Gasteiger partial charge in [0.2, 0.25) is 11.2 Å². The van der Waals surface area contributed by atoms with Crippen molar-refractivity contribution in [2.24, 2.45) is 0 Å². The van der Waals surface area contributed by atoms with E-state index in [2.05, 4.69) is 5.32 Å². The zero-order chi connectivity index (χ0) is 19.4. The number of carbonyl (C=O) groups excluding carboxylic acids is 1. The van der Waals surface area contributed by atoms with Gasteiger partial charge in [0.1, 0.15) is 22.8 Å². The molecule has 0 radical (unpaired) electrons. The first-order chi connectivity index (χ1) is 12.9. The highest BCUT2D eigenvalue weighted by Crippen LogP contribution is 2.27. The average molecular weight is 367 g/mol. The van der Waals surface area contributed by atoms with E-state index in [4.69, 9.17) is 13.9 Å². The van der Waals surface area contributed by atoms with E-state index < -0.39 is 0 Å². The molecule has 0 unspecified atom stereocenters. The summed E-state index contributed by atoms with van der Waals surface area (Å²) in [4.78, 5) is 24.5. The molecule has 0 aliphatic carbocycles. The van der Waals surface area contributed by atoms with Gasteiger partial charge in [0.25, 0.3) is 5.91 Å². The lowest BCUT2D eigenvalue weighted by Gasteiger charge is -2.11. The van der Waals surface area contributed by atoms with E-state index in [1.54, 1.807) is 37.3 Å². The third-order valence-corrected chi connectivity index (χ3v) is 3.77. The van der Waals surface area contributed by atoms with Crippen LogP contribution in [-0.2, 0) is 4.79 Å². The van der Waals surface area contributed by atoms with Gasteiger partial charge in [-0.1, -0.05) is 18.2 Å². The van der Waals surface area contributed by atoms with E-state index in [0.717, 1.165) is 0 Å². The van der Waals surface area contributed by atoms with Crippen LogP contribution in [0.3, 0.4) is 0 Å². The van der Waals surface area contributed by atoms with Crippen molar-refractivity contribution in [2.75, 3.05) is 6.61 Å². The van der Waals surface area contributed by atoms with Crippen molar-refractivity contribution in [2.45, 2.75) is 26.8 Å². The molecule has 140 valence electrons. The number of amides is 1. The van der Waals surface area contributed by atoms with Gasteiger partial charge >= 0.3 is 0 Å². The van der Waals surface area contributed by atoms with E-state index in [-0.39, 0.29) is 29.7 Å². The highest BCUT2D eigenvalue weighted by molar-refractivity contribution is 5.80. The number of aryl methyl sites for hydroxylation is 1. The Labute approximate surface area is 156 Å². The number of fused-ring (bicyclic) bond motifs is 1. The summed E-state index contributed by atoms with van der Waals surface area (Å²) in [5.74, 6) is 1.31. The molecule has 6 nitrogen and oxygen atoms in total. The maximum absolute atomic E-state index is 12.8. The molecule has 0 aliphatic rings. The molecular weight excluding hydrogens is 346 g/mol. The van der Waals surface area contributed by atoms with Gasteiger partial charge in [0, 0.05) is 12.1 Å². The number of benzene rings is 2. The number of hydrogen-bond donors (Lipinski definition) is 1. The van der Waals surface area contributed by atoms with Crippen molar-refractivity contribution in [3.8, 4) is 17.2 Å². The fourth-order valence-electron chi connectivity index (χ4n) is 2.60. The summed E-state index contributed by atoms with van der Waals surface area (Å²) < 4.78 is 16.9. The van der Waals surface area contributed by atoms with Gasteiger partial charge in [0.05, 0.1) is 5.39 Å². The summed E-state index contributed by atoms with van der Waals surface area (Å²) in [5.41, 5.74) is 0.112. The van der Waals surface area contributed by atoms with Crippen LogP contribution in [0.4, 0.5) is 0 Å². The molecule has 1 aromatic heterocycles. The molecule has 0 fully saturated rings. The van der Waals surface area contributed by atoms with Crippen molar-refractivity contribution in [3.63, 3.8) is 0 Å². The Balaban J connectivity index is 1.85. The average Bonchev–Trinajstić information content (AvgIpc) is 2.63. The van der Waals surface area contributed by atoms with Gasteiger partial charge < -0.3 is 19.2 Å². The molecule has 0 saturated heterocycles. The van der Waals surface area contributed by atoms with Gasteiger partial charge in [-0.3, -0.25) is 9.59 Å². The summed E-state index contributed by atoms with van der Waals surface area (Å²) in [5, 5.41) is 3.13. The van der Waals surface area contributed by atoms with Crippen molar-refractivity contribution in [1.82, 2.24) is 5.32 Å². The predicted molar refractivity (Wildman–Crippen MR) is 103 cm³/mol. The number of ether oxygens (including phenoxy) is 2. The zero-order valence-electron chi connectivity index (χ0n) is 15.4. The Kier molecular flexibility index (Phi) is 5.45. The van der Waals surface area contributed by atoms with Crippen molar-refractivity contribution in [3.05, 3.63) is 64.5 Å². The van der Waals surface area contributed by atoms with Crippen molar-refractivity contribution < 1.29 is 18.7 Å². The summed E-state index contributed by atoms with van der Waals surface area (Å²) >= 11 is 0. The second-order valence-electron chi connectivity index (χ2n) is 6.40. The SMILES string of the molecule is Cc1oc2cc(OCC(=O)NC(C)C)ccc2c(=O)c1Oc1ccccc1. The topological polar surface area (TPSA) is 77.8 Å². The minimum Gasteiger partial charge on any atom is -0.484 e. The minimum atomic E-state index is -0.262. The second kappa shape index (κ2) is 7.95. The normalized spacial score (nSPS) is 10.8. The molecule has 3 aromatic rings. The minimum absolute atomic E-state index is 0.0430. The largest absolute Gasteiger partial charge is 0.484 e. The van der Waals surface area contributed by atoms with Crippen LogP contribution >= 0.6 is 0 Å². The first-order valence-corrected chi connectivity index (χ1v) is 8.66. The molecular formula is C21H21NO5. The molecule has 6 heteroatoms. The lowest BCUT2D eigenvalue weighted by molar-refractivity contribution is -0.123. The van der Waals surface area contributed by atoms with E-state index in [9.17, 15) is 9.59 Å². The van der Waals surface area contributed by atoms with Gasteiger partial charge in [0.15, 0.2) is 6.61 Å². The number of hydrogen-bond acceptors (Lipinski definition) is 5. The molecule has 0 bridgehead atoms. The quantitative estimate of drug-likeness (QED) is 0.717. The van der Waals surface area contributed by atoms with Gasteiger partial charge in [-0.2, -0.15) is 0 Å². The van der Waals surface area contributed by atoms with E-state index in [1.165, 1.54) is 0 Å². The summed E-state index contributed by atoms with van der Waals surface area (Å²) in [6, 6.07) is 13.9. The molecule has 1 heterocycles. The maximum atomic E-state index is 12.8. The van der Waals surface area contributed by atoms with Crippen LogP contribution < -0.4 is 20.2 Å².